The zero-order chi connectivity index (χ0) is 24.9. The van der Waals surface area contributed by atoms with E-state index >= 15 is 0 Å². The highest BCUT2D eigenvalue weighted by atomic mass is 16.4. The van der Waals surface area contributed by atoms with Gasteiger partial charge in [-0.25, -0.2) is 4.90 Å². The molecule has 2 fully saturated rings. The number of phenols is 1. The summed E-state index contributed by atoms with van der Waals surface area (Å²) in [5, 5.41) is 23.5. The minimum atomic E-state index is -1.71. The second kappa shape index (κ2) is 8.36. The van der Waals surface area contributed by atoms with E-state index in [2.05, 4.69) is 5.32 Å². The number of aliphatic carboxylic acids is 1. The SMILES string of the molecule is Cc1ccccc1C1NC(Cc2ccc(O)cc2)(C(=O)O)C2C(=O)N(c3ccccc3C)C(=O)C12. The van der Waals surface area contributed by atoms with Crippen molar-refractivity contribution in [1.29, 1.82) is 0 Å². The zero-order valence-corrected chi connectivity index (χ0v) is 19.4. The summed E-state index contributed by atoms with van der Waals surface area (Å²) in [5.41, 5.74) is 1.86. The molecule has 0 bridgehead atoms. The molecule has 0 saturated carbocycles. The summed E-state index contributed by atoms with van der Waals surface area (Å²) in [5.74, 6) is -4.03. The number of carboxylic acids is 1. The maximum Gasteiger partial charge on any atom is 0.325 e. The van der Waals surface area contributed by atoms with E-state index < -0.39 is 41.2 Å². The molecule has 2 saturated heterocycles. The number of rotatable bonds is 5. The third kappa shape index (κ3) is 3.51. The Labute approximate surface area is 203 Å². The average molecular weight is 471 g/mol. The molecule has 5 rings (SSSR count). The normalized spacial score (nSPS) is 25.7. The summed E-state index contributed by atoms with van der Waals surface area (Å²) >= 11 is 0. The van der Waals surface area contributed by atoms with Gasteiger partial charge in [-0.3, -0.25) is 19.7 Å². The fraction of sp³-hybridized carbons (Fsp3) is 0.250. The molecule has 7 nitrogen and oxygen atoms in total. The summed E-state index contributed by atoms with van der Waals surface area (Å²) < 4.78 is 0. The highest BCUT2D eigenvalue weighted by Gasteiger charge is 2.68. The van der Waals surface area contributed by atoms with Crippen LogP contribution in [0, 0.1) is 25.7 Å². The molecule has 3 N–H and O–H groups in total. The third-order valence-corrected chi connectivity index (χ3v) is 7.34. The molecule has 178 valence electrons. The highest BCUT2D eigenvalue weighted by molar-refractivity contribution is 6.24. The largest absolute Gasteiger partial charge is 0.508 e. The van der Waals surface area contributed by atoms with E-state index in [1.54, 1.807) is 24.3 Å². The van der Waals surface area contributed by atoms with E-state index in [1.807, 2.05) is 50.2 Å². The Hall–Kier alpha value is -3.97. The number of para-hydroxylation sites is 1. The molecule has 2 amide bonds. The summed E-state index contributed by atoms with van der Waals surface area (Å²) in [6.07, 6.45) is -0.0210. The van der Waals surface area contributed by atoms with E-state index in [-0.39, 0.29) is 12.2 Å². The lowest BCUT2D eigenvalue weighted by Gasteiger charge is -2.32. The van der Waals surface area contributed by atoms with Crippen molar-refractivity contribution in [2.24, 2.45) is 11.8 Å². The number of aryl methyl sites for hydroxylation is 2. The molecule has 0 aromatic heterocycles. The number of benzene rings is 3. The molecule has 4 unspecified atom stereocenters. The molecule has 3 aromatic rings. The summed E-state index contributed by atoms with van der Waals surface area (Å²) in [6, 6.07) is 20.2. The van der Waals surface area contributed by atoms with Gasteiger partial charge in [0.1, 0.15) is 11.3 Å². The average Bonchev–Trinajstić information content (AvgIpc) is 3.30. The minimum absolute atomic E-state index is 0.0210. The van der Waals surface area contributed by atoms with Crippen LogP contribution in [0.2, 0.25) is 0 Å². The Morgan fingerprint density at radius 1 is 0.914 bits per heavy atom. The van der Waals surface area contributed by atoms with Gasteiger partial charge in [-0.2, -0.15) is 0 Å². The van der Waals surface area contributed by atoms with Crippen LogP contribution in [0.25, 0.3) is 0 Å². The second-order valence-electron chi connectivity index (χ2n) is 9.40. The predicted molar refractivity (Wildman–Crippen MR) is 130 cm³/mol. The Balaban J connectivity index is 1.68. The maximum atomic E-state index is 13.9. The van der Waals surface area contributed by atoms with Gasteiger partial charge >= 0.3 is 5.97 Å². The molecule has 4 atom stereocenters. The Morgan fingerprint density at radius 3 is 2.17 bits per heavy atom. The van der Waals surface area contributed by atoms with Gasteiger partial charge in [0.2, 0.25) is 11.8 Å². The fourth-order valence-corrected chi connectivity index (χ4v) is 5.63. The molecule has 2 aliphatic rings. The van der Waals surface area contributed by atoms with Gasteiger partial charge in [0.25, 0.3) is 0 Å². The van der Waals surface area contributed by atoms with Crippen molar-refractivity contribution in [1.82, 2.24) is 5.32 Å². The number of phenolic OH excluding ortho intramolecular Hbond substituents is 1. The Kier molecular flexibility index (Phi) is 5.44. The molecular weight excluding hydrogens is 444 g/mol. The Morgan fingerprint density at radius 2 is 1.54 bits per heavy atom. The van der Waals surface area contributed by atoms with Gasteiger partial charge in [-0.1, -0.05) is 54.6 Å². The standard InChI is InChI=1S/C28H26N2O5/c1-16-7-3-5-9-20(16)24-22-23(26(33)30(25(22)32)21-10-6-4-8-17(21)2)28(29-24,27(34)35)15-18-11-13-19(31)14-12-18/h3-14,22-24,29,31H,15H2,1-2H3,(H,34,35). The summed E-state index contributed by atoms with van der Waals surface area (Å²) in [6.45, 7) is 3.73. The molecule has 7 heteroatoms. The second-order valence-corrected chi connectivity index (χ2v) is 9.40. The molecule has 2 heterocycles. The molecule has 35 heavy (non-hydrogen) atoms. The van der Waals surface area contributed by atoms with Gasteiger partial charge < -0.3 is 10.2 Å². The number of amides is 2. The molecule has 0 spiro atoms. The first kappa shape index (κ1) is 22.8. The van der Waals surface area contributed by atoms with Crippen molar-refractivity contribution in [2.75, 3.05) is 4.90 Å². The number of fused-ring (bicyclic) bond motifs is 1. The van der Waals surface area contributed by atoms with Gasteiger partial charge in [0.05, 0.1) is 17.5 Å². The lowest BCUT2D eigenvalue weighted by atomic mass is 9.76. The van der Waals surface area contributed by atoms with Gasteiger partial charge in [-0.15, -0.1) is 0 Å². The van der Waals surface area contributed by atoms with Crippen LogP contribution in [0.15, 0.2) is 72.8 Å². The number of nitrogens with one attached hydrogen (secondary N) is 1. The van der Waals surface area contributed by atoms with Crippen LogP contribution in [-0.2, 0) is 20.8 Å². The van der Waals surface area contributed by atoms with E-state index in [9.17, 15) is 24.6 Å². The lowest BCUT2D eigenvalue weighted by molar-refractivity contribution is -0.148. The Bertz CT molecular complexity index is 1340. The quantitative estimate of drug-likeness (QED) is 0.493. The van der Waals surface area contributed by atoms with E-state index in [0.717, 1.165) is 16.7 Å². The maximum absolute atomic E-state index is 13.9. The minimum Gasteiger partial charge on any atom is -0.508 e. The van der Waals surface area contributed by atoms with Crippen LogP contribution in [0.5, 0.6) is 5.75 Å². The van der Waals surface area contributed by atoms with E-state index in [4.69, 9.17) is 0 Å². The first-order valence-electron chi connectivity index (χ1n) is 11.5. The van der Waals surface area contributed by atoms with Crippen molar-refractivity contribution >= 4 is 23.5 Å². The number of nitrogens with zero attached hydrogens (tertiary/aromatic N) is 1. The van der Waals surface area contributed by atoms with Crippen LogP contribution in [-0.4, -0.2) is 33.5 Å². The van der Waals surface area contributed by atoms with Crippen molar-refractivity contribution in [2.45, 2.75) is 31.8 Å². The van der Waals surface area contributed by atoms with Crippen molar-refractivity contribution in [3.05, 3.63) is 95.1 Å². The van der Waals surface area contributed by atoms with Crippen LogP contribution in [0.1, 0.15) is 28.3 Å². The predicted octanol–water partition coefficient (Wildman–Crippen LogP) is 3.53. The fourth-order valence-electron chi connectivity index (χ4n) is 5.63. The summed E-state index contributed by atoms with van der Waals surface area (Å²) in [7, 11) is 0. The first-order chi connectivity index (χ1) is 16.7. The van der Waals surface area contributed by atoms with Crippen molar-refractivity contribution in [3.8, 4) is 5.75 Å². The molecule has 0 radical (unpaired) electrons. The van der Waals surface area contributed by atoms with Crippen molar-refractivity contribution < 1.29 is 24.6 Å². The lowest BCUT2D eigenvalue weighted by Crippen LogP contribution is -2.57. The van der Waals surface area contributed by atoms with Crippen LogP contribution in [0.4, 0.5) is 5.69 Å². The zero-order valence-electron chi connectivity index (χ0n) is 19.4. The van der Waals surface area contributed by atoms with Gasteiger partial charge in [-0.05, 0) is 54.3 Å². The van der Waals surface area contributed by atoms with Crippen LogP contribution < -0.4 is 10.2 Å². The number of imide groups is 1. The summed E-state index contributed by atoms with van der Waals surface area (Å²) in [4.78, 5) is 42.0. The first-order valence-corrected chi connectivity index (χ1v) is 11.5. The number of carbonyl (C=O) groups excluding carboxylic acids is 2. The smallest absolute Gasteiger partial charge is 0.325 e. The topological polar surface area (TPSA) is 107 Å². The molecule has 2 aliphatic heterocycles. The van der Waals surface area contributed by atoms with Gasteiger partial charge in [0.15, 0.2) is 0 Å². The highest BCUT2D eigenvalue weighted by Crippen LogP contribution is 2.51. The van der Waals surface area contributed by atoms with Crippen LogP contribution >= 0.6 is 0 Å². The molecule has 3 aromatic carbocycles. The third-order valence-electron chi connectivity index (χ3n) is 7.34. The monoisotopic (exact) mass is 470 g/mol. The number of carbonyl (C=O) groups is 3. The van der Waals surface area contributed by atoms with E-state index in [0.29, 0.717) is 11.3 Å². The molecule has 0 aliphatic carbocycles. The van der Waals surface area contributed by atoms with E-state index in [1.165, 1.54) is 17.0 Å². The number of aromatic hydroxyl groups is 1. The number of hydrogen-bond donors (Lipinski definition) is 3. The van der Waals surface area contributed by atoms with Crippen LogP contribution in [0.3, 0.4) is 0 Å². The number of carboxylic acid groups (broad SMARTS) is 1. The van der Waals surface area contributed by atoms with Crippen molar-refractivity contribution in [3.63, 3.8) is 0 Å². The van der Waals surface area contributed by atoms with Gasteiger partial charge in [0, 0.05) is 12.5 Å². The molecular formula is C28H26N2O5. The number of hydrogen-bond acceptors (Lipinski definition) is 5. The number of anilines is 1.